The maximum absolute atomic E-state index is 10.0. The van der Waals surface area contributed by atoms with Crippen LogP contribution in [-0.4, -0.2) is 58.1 Å². The standard InChI is InChI=1S/C7H16N2O3S.Na.H2O/c10-13(11)12-7-1-4-9-5-2-8-3-6-9;;/h8,13H,1-7H2;;1H2/q;+1;/p-1. The molecule has 0 aromatic carbocycles. The fraction of sp³-hybridized carbons (Fsp3) is 1.00. The molecule has 0 atom stereocenters. The van der Waals surface area contributed by atoms with Crippen molar-refractivity contribution >= 4 is 11.0 Å². The second-order valence-corrected chi connectivity index (χ2v) is 3.71. The number of thiol groups is 1. The Morgan fingerprint density at radius 3 is 2.40 bits per heavy atom. The van der Waals surface area contributed by atoms with E-state index in [4.69, 9.17) is 0 Å². The third kappa shape index (κ3) is 9.70. The van der Waals surface area contributed by atoms with Gasteiger partial charge in [0.15, 0.2) is 0 Å². The summed E-state index contributed by atoms with van der Waals surface area (Å²) in [5.41, 5.74) is 0. The molecule has 6 nitrogen and oxygen atoms in total. The molecule has 1 aliphatic rings. The Morgan fingerprint density at radius 1 is 1.27 bits per heavy atom. The van der Waals surface area contributed by atoms with Crippen molar-refractivity contribution in [2.75, 3.05) is 39.3 Å². The van der Waals surface area contributed by atoms with Crippen LogP contribution in [0.1, 0.15) is 6.42 Å². The largest absolute Gasteiger partial charge is 1.00 e. The first-order valence-corrected chi connectivity index (χ1v) is 5.59. The van der Waals surface area contributed by atoms with Crippen LogP contribution in [0.15, 0.2) is 0 Å². The van der Waals surface area contributed by atoms with Crippen molar-refractivity contribution in [2.45, 2.75) is 6.42 Å². The summed E-state index contributed by atoms with van der Waals surface area (Å²) in [4.78, 5) is 2.30. The van der Waals surface area contributed by atoms with Gasteiger partial charge in [-0.15, -0.1) is 0 Å². The van der Waals surface area contributed by atoms with Gasteiger partial charge in [-0.3, -0.25) is 4.18 Å². The van der Waals surface area contributed by atoms with E-state index in [0.29, 0.717) is 6.61 Å². The summed E-state index contributed by atoms with van der Waals surface area (Å²) in [6, 6.07) is 0. The normalized spacial score (nSPS) is 16.9. The molecule has 1 saturated heterocycles. The Hall–Kier alpha value is 0.790. The average molecular weight is 248 g/mol. The fourth-order valence-corrected chi connectivity index (χ4v) is 1.64. The predicted octanol–water partition coefficient (Wildman–Crippen LogP) is -4.35. The van der Waals surface area contributed by atoms with Crippen molar-refractivity contribution in [3.8, 4) is 0 Å². The summed E-state index contributed by atoms with van der Waals surface area (Å²) in [6.45, 7) is 5.37. The zero-order valence-electron chi connectivity index (χ0n) is 9.02. The van der Waals surface area contributed by atoms with E-state index < -0.39 is 11.0 Å². The molecule has 0 bridgehead atoms. The first-order valence-electron chi connectivity index (χ1n) is 4.49. The predicted molar refractivity (Wildman–Crippen MR) is 52.1 cm³/mol. The van der Waals surface area contributed by atoms with Crippen molar-refractivity contribution < 1.29 is 47.6 Å². The molecule has 0 radical (unpaired) electrons. The first kappa shape index (κ1) is 18.2. The smallest absolute Gasteiger partial charge is 0.870 e. The van der Waals surface area contributed by atoms with E-state index in [9.17, 15) is 8.42 Å². The summed E-state index contributed by atoms with van der Waals surface area (Å²) in [6.07, 6.45) is 0.781. The number of rotatable bonds is 5. The number of hydrogen-bond acceptors (Lipinski definition) is 6. The number of nitrogens with one attached hydrogen (secondary N) is 1. The second kappa shape index (κ2) is 11.3. The van der Waals surface area contributed by atoms with E-state index in [2.05, 4.69) is 14.4 Å². The molecule has 0 aromatic rings. The Bertz CT molecular complexity index is 201. The minimum absolute atomic E-state index is 0. The van der Waals surface area contributed by atoms with Gasteiger partial charge in [-0.25, -0.2) is 8.42 Å². The monoisotopic (exact) mass is 248 g/mol. The molecule has 0 saturated carbocycles. The van der Waals surface area contributed by atoms with Crippen LogP contribution in [0.3, 0.4) is 0 Å². The molecule has 0 spiro atoms. The summed E-state index contributed by atoms with van der Waals surface area (Å²) < 4.78 is 24.5. The maximum atomic E-state index is 10.0. The molecule has 1 fully saturated rings. The van der Waals surface area contributed by atoms with Gasteiger partial charge in [0.25, 0.3) is 11.0 Å². The minimum atomic E-state index is -2.66. The first-order chi connectivity index (χ1) is 6.29. The van der Waals surface area contributed by atoms with Gasteiger partial charge in [-0.2, -0.15) is 0 Å². The van der Waals surface area contributed by atoms with Crippen LogP contribution in [0.25, 0.3) is 0 Å². The molecule has 0 amide bonds. The van der Waals surface area contributed by atoms with Crippen molar-refractivity contribution in [1.29, 1.82) is 0 Å². The van der Waals surface area contributed by atoms with Gasteiger partial charge in [-0.1, -0.05) is 0 Å². The van der Waals surface area contributed by atoms with E-state index in [1.54, 1.807) is 0 Å². The van der Waals surface area contributed by atoms with Gasteiger partial charge in [0, 0.05) is 32.7 Å². The van der Waals surface area contributed by atoms with Gasteiger partial charge in [0.1, 0.15) is 0 Å². The molecular weight excluding hydrogens is 231 g/mol. The number of nitrogens with zero attached hydrogens (tertiary/aromatic N) is 1. The molecule has 0 aliphatic carbocycles. The molecular formula is C7H17N2NaO4S. The van der Waals surface area contributed by atoms with E-state index >= 15 is 0 Å². The second-order valence-electron chi connectivity index (χ2n) is 3.00. The molecule has 0 unspecified atom stereocenters. The van der Waals surface area contributed by atoms with Gasteiger partial charge in [0.2, 0.25) is 0 Å². The summed E-state index contributed by atoms with van der Waals surface area (Å²) in [5.74, 6) is 0. The Kier molecular flexibility index (Phi) is 13.7. The Balaban J connectivity index is 0. The minimum Gasteiger partial charge on any atom is -0.870 e. The van der Waals surface area contributed by atoms with Gasteiger partial charge < -0.3 is 15.7 Å². The van der Waals surface area contributed by atoms with Gasteiger partial charge in [-0.05, 0) is 6.42 Å². The Morgan fingerprint density at radius 2 is 1.87 bits per heavy atom. The molecule has 15 heavy (non-hydrogen) atoms. The quantitative estimate of drug-likeness (QED) is 0.290. The number of hydrogen-bond donors (Lipinski definition) is 2. The molecule has 8 heteroatoms. The van der Waals surface area contributed by atoms with Crippen LogP contribution >= 0.6 is 0 Å². The van der Waals surface area contributed by atoms with E-state index in [0.717, 1.165) is 39.1 Å². The average Bonchev–Trinajstić information content (AvgIpc) is 2.14. The van der Waals surface area contributed by atoms with E-state index in [1.165, 1.54) is 0 Å². The maximum Gasteiger partial charge on any atom is 1.00 e. The Labute approximate surface area is 114 Å². The zero-order valence-corrected chi connectivity index (χ0v) is 11.9. The molecule has 2 N–H and O–H groups in total. The summed E-state index contributed by atoms with van der Waals surface area (Å²) >= 11 is 0. The molecule has 86 valence electrons. The van der Waals surface area contributed by atoms with Crippen LogP contribution in [-0.2, 0) is 15.2 Å². The van der Waals surface area contributed by atoms with Crippen LogP contribution in [0.2, 0.25) is 0 Å². The third-order valence-corrected chi connectivity index (χ3v) is 2.42. The van der Waals surface area contributed by atoms with Crippen LogP contribution in [0.5, 0.6) is 0 Å². The van der Waals surface area contributed by atoms with Gasteiger partial charge in [0.05, 0.1) is 6.61 Å². The van der Waals surface area contributed by atoms with Crippen molar-refractivity contribution in [3.63, 3.8) is 0 Å². The van der Waals surface area contributed by atoms with Crippen LogP contribution in [0, 0.1) is 0 Å². The van der Waals surface area contributed by atoms with Crippen LogP contribution < -0.4 is 34.9 Å². The zero-order chi connectivity index (χ0) is 9.52. The van der Waals surface area contributed by atoms with Crippen molar-refractivity contribution in [1.82, 2.24) is 10.2 Å². The summed E-state index contributed by atoms with van der Waals surface area (Å²) in [5, 5.41) is 3.25. The molecule has 1 aliphatic heterocycles. The SMILES string of the molecule is O=[SH](=O)OCCCN1CCNCC1.[Na+].[OH-]. The summed E-state index contributed by atoms with van der Waals surface area (Å²) in [7, 11) is -2.66. The fourth-order valence-electron chi connectivity index (χ4n) is 1.36. The molecule has 1 rings (SSSR count). The third-order valence-electron chi connectivity index (χ3n) is 2.02. The van der Waals surface area contributed by atoms with E-state index in [-0.39, 0.29) is 35.0 Å². The van der Waals surface area contributed by atoms with Crippen molar-refractivity contribution in [3.05, 3.63) is 0 Å². The molecule has 1 heterocycles. The molecule has 0 aromatic heterocycles. The van der Waals surface area contributed by atoms with Crippen molar-refractivity contribution in [2.24, 2.45) is 0 Å². The van der Waals surface area contributed by atoms with Gasteiger partial charge >= 0.3 is 29.6 Å². The van der Waals surface area contributed by atoms with E-state index in [1.807, 2.05) is 0 Å². The van der Waals surface area contributed by atoms with Crippen LogP contribution in [0.4, 0.5) is 0 Å². The topological polar surface area (TPSA) is 88.6 Å². The number of piperazine rings is 1.